The molecule has 0 heterocycles. The fourth-order valence-electron chi connectivity index (χ4n) is 1.46. The highest BCUT2D eigenvalue weighted by Gasteiger charge is 1.96. The molecule has 2 nitrogen and oxygen atoms in total. The first-order valence-corrected chi connectivity index (χ1v) is 4.56. The molecule has 2 rings (SSSR count). The molecule has 0 aliphatic heterocycles. The number of carbonyl (C=O) groups excluding carboxylic acids is 1. The predicted octanol–water partition coefficient (Wildman–Crippen LogP) is 1.68. The summed E-state index contributed by atoms with van der Waals surface area (Å²) in [6.07, 6.45) is 0. The van der Waals surface area contributed by atoms with Gasteiger partial charge in [0.05, 0.1) is 0 Å². The minimum Gasteiger partial charge on any atom is -0.359 e. The average Bonchev–Trinajstić information content (AvgIpc) is 2.26. The molecule has 0 radical (unpaired) electrons. The van der Waals surface area contributed by atoms with Crippen molar-refractivity contribution in [2.45, 2.75) is 0 Å². The van der Waals surface area contributed by atoms with Gasteiger partial charge in [0.15, 0.2) is 0 Å². The van der Waals surface area contributed by atoms with Crippen LogP contribution in [0, 0.1) is 11.8 Å². The second-order valence-corrected chi connectivity index (χ2v) is 3.14. The molecule has 2 aromatic rings. The number of hydrogen-bond acceptors (Lipinski definition) is 1. The number of hydrogen-bond donors (Lipinski definition) is 1. The summed E-state index contributed by atoms with van der Waals surface area (Å²) in [5.41, 5.74) is 5.80. The Morgan fingerprint density at radius 1 is 1.07 bits per heavy atom. The molecule has 2 N–H and O–H groups in total. The Balaban J connectivity index is 2.63. The second kappa shape index (κ2) is 3.85. The minimum absolute atomic E-state index is 0.608. The Labute approximate surface area is 87.7 Å². The summed E-state index contributed by atoms with van der Waals surface area (Å²) < 4.78 is 0. The maximum Gasteiger partial charge on any atom is 0.293 e. The van der Waals surface area contributed by atoms with Gasteiger partial charge in [0.2, 0.25) is 0 Å². The Kier molecular flexibility index (Phi) is 2.38. The first-order valence-electron chi connectivity index (χ1n) is 4.56. The van der Waals surface area contributed by atoms with Gasteiger partial charge in [-0.2, -0.15) is 0 Å². The SMILES string of the molecule is NC(=O)C#Cc1cccc2ccccc12. The van der Waals surface area contributed by atoms with Crippen molar-refractivity contribution in [3.05, 3.63) is 48.0 Å². The molecule has 0 bridgehead atoms. The highest BCUT2D eigenvalue weighted by atomic mass is 16.1. The molecular weight excluding hydrogens is 186 g/mol. The van der Waals surface area contributed by atoms with E-state index in [0.717, 1.165) is 16.3 Å². The summed E-state index contributed by atoms with van der Waals surface area (Å²) in [6.45, 7) is 0. The summed E-state index contributed by atoms with van der Waals surface area (Å²) >= 11 is 0. The lowest BCUT2D eigenvalue weighted by molar-refractivity contribution is -0.112. The average molecular weight is 195 g/mol. The van der Waals surface area contributed by atoms with Crippen molar-refractivity contribution in [1.29, 1.82) is 0 Å². The topological polar surface area (TPSA) is 43.1 Å². The van der Waals surface area contributed by atoms with Crippen LogP contribution in [0.25, 0.3) is 10.8 Å². The molecule has 0 atom stereocenters. The predicted molar refractivity (Wildman–Crippen MR) is 60.0 cm³/mol. The van der Waals surface area contributed by atoms with Gasteiger partial charge in [-0.3, -0.25) is 4.79 Å². The first kappa shape index (κ1) is 9.29. The molecule has 0 aliphatic rings. The summed E-state index contributed by atoms with van der Waals surface area (Å²) in [4.78, 5) is 10.6. The van der Waals surface area contributed by atoms with Gasteiger partial charge in [-0.15, -0.1) is 0 Å². The molecule has 0 aromatic heterocycles. The van der Waals surface area contributed by atoms with E-state index in [9.17, 15) is 4.79 Å². The van der Waals surface area contributed by atoms with Crippen molar-refractivity contribution in [3.63, 3.8) is 0 Å². The van der Waals surface area contributed by atoms with E-state index in [0.29, 0.717) is 0 Å². The van der Waals surface area contributed by atoms with Gasteiger partial charge in [0.1, 0.15) is 0 Å². The fourth-order valence-corrected chi connectivity index (χ4v) is 1.46. The molecule has 0 unspecified atom stereocenters. The van der Waals surface area contributed by atoms with Gasteiger partial charge < -0.3 is 5.73 Å². The molecule has 0 aliphatic carbocycles. The minimum atomic E-state index is -0.608. The third-order valence-electron chi connectivity index (χ3n) is 2.11. The van der Waals surface area contributed by atoms with Crippen molar-refractivity contribution in [2.75, 3.05) is 0 Å². The molecule has 1 amide bonds. The van der Waals surface area contributed by atoms with Crippen molar-refractivity contribution in [3.8, 4) is 11.8 Å². The quantitative estimate of drug-likeness (QED) is 0.638. The van der Waals surface area contributed by atoms with E-state index in [2.05, 4.69) is 11.8 Å². The second-order valence-electron chi connectivity index (χ2n) is 3.14. The zero-order valence-corrected chi connectivity index (χ0v) is 8.03. The first-order chi connectivity index (χ1) is 7.27. The van der Waals surface area contributed by atoms with E-state index in [1.807, 2.05) is 42.5 Å². The smallest absolute Gasteiger partial charge is 0.293 e. The molecule has 0 saturated heterocycles. The Hall–Kier alpha value is -2.27. The van der Waals surface area contributed by atoms with Crippen LogP contribution in [0.5, 0.6) is 0 Å². The zero-order chi connectivity index (χ0) is 10.7. The van der Waals surface area contributed by atoms with Gasteiger partial charge >= 0.3 is 0 Å². The van der Waals surface area contributed by atoms with E-state index in [1.54, 1.807) is 0 Å². The van der Waals surface area contributed by atoms with Crippen LogP contribution in [0.3, 0.4) is 0 Å². The molecule has 0 fully saturated rings. The monoisotopic (exact) mass is 195 g/mol. The molecule has 72 valence electrons. The number of primary amides is 1. The van der Waals surface area contributed by atoms with E-state index in [-0.39, 0.29) is 0 Å². The number of benzene rings is 2. The van der Waals surface area contributed by atoms with Crippen molar-refractivity contribution < 1.29 is 4.79 Å². The highest BCUT2D eigenvalue weighted by molar-refractivity contribution is 5.94. The molecule has 0 saturated carbocycles. The van der Waals surface area contributed by atoms with Gasteiger partial charge in [-0.1, -0.05) is 42.3 Å². The molecule has 15 heavy (non-hydrogen) atoms. The molecule has 0 spiro atoms. The van der Waals surface area contributed by atoms with Crippen LogP contribution in [-0.4, -0.2) is 5.91 Å². The fraction of sp³-hybridized carbons (Fsp3) is 0. The lowest BCUT2D eigenvalue weighted by atomic mass is 10.1. The van der Waals surface area contributed by atoms with Crippen LogP contribution < -0.4 is 5.73 Å². The van der Waals surface area contributed by atoms with Crippen molar-refractivity contribution in [2.24, 2.45) is 5.73 Å². The lowest BCUT2D eigenvalue weighted by Crippen LogP contribution is -2.06. The summed E-state index contributed by atoms with van der Waals surface area (Å²) in [7, 11) is 0. The number of rotatable bonds is 0. The highest BCUT2D eigenvalue weighted by Crippen LogP contribution is 2.17. The van der Waals surface area contributed by atoms with E-state index in [1.165, 1.54) is 0 Å². The summed E-state index contributed by atoms with van der Waals surface area (Å²) in [5.74, 6) is 4.50. The van der Waals surface area contributed by atoms with Gasteiger partial charge in [0.25, 0.3) is 5.91 Å². The Morgan fingerprint density at radius 2 is 1.80 bits per heavy atom. The molecular formula is C13H9NO. The van der Waals surface area contributed by atoms with Crippen LogP contribution in [-0.2, 0) is 4.79 Å². The lowest BCUT2D eigenvalue weighted by Gasteiger charge is -1.98. The van der Waals surface area contributed by atoms with Crippen molar-refractivity contribution >= 4 is 16.7 Å². The molecule has 2 aromatic carbocycles. The third kappa shape index (κ3) is 1.97. The van der Waals surface area contributed by atoms with Gasteiger partial charge in [-0.25, -0.2) is 0 Å². The van der Waals surface area contributed by atoms with Crippen LogP contribution in [0.4, 0.5) is 0 Å². The number of fused-ring (bicyclic) bond motifs is 1. The maximum absolute atomic E-state index is 10.6. The third-order valence-corrected chi connectivity index (χ3v) is 2.11. The van der Waals surface area contributed by atoms with E-state index < -0.39 is 5.91 Å². The number of amides is 1. The van der Waals surface area contributed by atoms with Gasteiger partial charge in [0, 0.05) is 11.5 Å². The van der Waals surface area contributed by atoms with Crippen molar-refractivity contribution in [1.82, 2.24) is 0 Å². The van der Waals surface area contributed by atoms with Crippen LogP contribution in [0.1, 0.15) is 5.56 Å². The zero-order valence-electron chi connectivity index (χ0n) is 8.03. The number of carbonyl (C=O) groups is 1. The standard InChI is InChI=1S/C13H9NO/c14-13(15)9-8-11-6-3-5-10-4-1-2-7-12(10)11/h1-7H,(H2,14,15). The summed E-state index contributed by atoms with van der Waals surface area (Å²) in [5, 5.41) is 2.14. The van der Waals surface area contributed by atoms with E-state index in [4.69, 9.17) is 5.73 Å². The Bertz CT molecular complexity index is 570. The van der Waals surface area contributed by atoms with Crippen LogP contribution in [0.15, 0.2) is 42.5 Å². The van der Waals surface area contributed by atoms with Crippen LogP contribution >= 0.6 is 0 Å². The van der Waals surface area contributed by atoms with E-state index >= 15 is 0 Å². The largest absolute Gasteiger partial charge is 0.359 e. The Morgan fingerprint density at radius 3 is 2.60 bits per heavy atom. The number of nitrogens with two attached hydrogens (primary N) is 1. The normalized spacial score (nSPS) is 9.33. The van der Waals surface area contributed by atoms with Gasteiger partial charge in [-0.05, 0) is 16.8 Å². The molecule has 2 heteroatoms. The maximum atomic E-state index is 10.6. The van der Waals surface area contributed by atoms with Crippen LogP contribution in [0.2, 0.25) is 0 Å². The summed E-state index contributed by atoms with van der Waals surface area (Å²) in [6, 6.07) is 13.7.